The van der Waals surface area contributed by atoms with Crippen molar-refractivity contribution >= 4 is 65.6 Å². The lowest BCUT2D eigenvalue weighted by Gasteiger charge is -2.27. The van der Waals surface area contributed by atoms with Crippen LogP contribution in [-0.4, -0.2) is 51.6 Å². The molecule has 0 fully saturated rings. The predicted molar refractivity (Wildman–Crippen MR) is 295 cm³/mol. The molecule has 4 atom stereocenters. The summed E-state index contributed by atoms with van der Waals surface area (Å²) in [6.07, 6.45) is 6.27. The number of ether oxygens (including phenoxy) is 1. The molecule has 10 rings (SSSR count). The number of hydrogen-bond donors (Lipinski definition) is 1. The monoisotopic (exact) mass is 1100 g/mol. The number of sulfone groups is 2. The number of Topliss-reactive ketones (excluding diaryl/α,β-unsaturated/α-hetero) is 2. The fourth-order valence-corrected chi connectivity index (χ4v) is 14.9. The molecule has 0 saturated heterocycles. The van der Waals surface area contributed by atoms with Crippen molar-refractivity contribution in [1.29, 1.82) is 0 Å². The largest absolute Gasteiger partial charge is 0.511 e. The SMILES string of the molecule is CC(C)COC1=C(c2ccc(F)cc2)C(=O)C(Cc2cccc3c2CCC(CS(=O)(=O)c2ccc(Cl)cc2)C3)C1.O=C1CC(Cc2cccc3c2CCC(CS(=O)(=O)c2ccc(Cl)cc2)C3)C(O)=C1c1ccc(F)cc1. The Hall–Kier alpha value is -5.92. The van der Waals surface area contributed by atoms with Crippen molar-refractivity contribution in [3.8, 4) is 0 Å². The minimum Gasteiger partial charge on any atom is -0.511 e. The summed E-state index contributed by atoms with van der Waals surface area (Å²) in [5.74, 6) is -0.133. The Balaban J connectivity index is 0.000000187. The van der Waals surface area contributed by atoms with Gasteiger partial charge in [-0.25, -0.2) is 25.6 Å². The molecule has 6 aromatic rings. The second kappa shape index (κ2) is 23.4. The van der Waals surface area contributed by atoms with Gasteiger partial charge in [-0.05, 0) is 186 Å². The molecule has 0 aliphatic heterocycles. The van der Waals surface area contributed by atoms with Crippen molar-refractivity contribution in [2.75, 3.05) is 18.1 Å². The molecule has 14 heteroatoms. The zero-order valence-corrected chi connectivity index (χ0v) is 45.6. The number of fused-ring (bicyclic) bond motifs is 2. The van der Waals surface area contributed by atoms with Gasteiger partial charge in [0.05, 0.1) is 39.0 Å². The third kappa shape index (κ3) is 12.7. The maximum Gasteiger partial charge on any atom is 0.178 e. The first-order chi connectivity index (χ1) is 36.3. The fourth-order valence-electron chi connectivity index (χ4n) is 11.3. The molecular weight excluding hydrogens is 1050 g/mol. The standard InChI is InChI=1S/C33H34ClFO4S.C29H26ClFO4S/c1-21(2)19-39-31-18-26(33(36)32(31)23-7-11-28(35)12-8-23)17-25-5-3-4-24-16-22(6-15-30(24)25)20-40(37,38)29-13-9-27(34)10-14-29;30-23-7-11-25(12-8-23)36(34,35)17-18-4-13-26-20(14-18)2-1-3-21(26)15-22-16-27(32)28(29(22)33)19-5-9-24(31)10-6-19/h3-5,7-14,21-22,26H,6,15-20H2,1-2H3;1-3,5-12,18,22,33H,4,13-17H2. The van der Waals surface area contributed by atoms with Crippen molar-refractivity contribution in [2.24, 2.45) is 29.6 Å². The summed E-state index contributed by atoms with van der Waals surface area (Å²) in [4.78, 5) is 27.0. The number of benzene rings is 6. The first-order valence-electron chi connectivity index (χ1n) is 25.9. The first-order valence-corrected chi connectivity index (χ1v) is 29.9. The van der Waals surface area contributed by atoms with Crippen LogP contribution < -0.4 is 0 Å². The van der Waals surface area contributed by atoms with E-state index in [4.69, 9.17) is 27.9 Å². The van der Waals surface area contributed by atoms with Crippen LogP contribution in [0.25, 0.3) is 11.1 Å². The van der Waals surface area contributed by atoms with E-state index in [0.29, 0.717) is 82.0 Å². The van der Waals surface area contributed by atoms with E-state index in [-0.39, 0.29) is 75.2 Å². The minimum atomic E-state index is -3.42. The first kappa shape index (κ1) is 54.9. The number of rotatable bonds is 15. The molecule has 1 N–H and O–H groups in total. The predicted octanol–water partition coefficient (Wildman–Crippen LogP) is 13.4. The molecule has 0 heterocycles. The number of ketones is 2. The highest BCUT2D eigenvalue weighted by molar-refractivity contribution is 7.91. The number of hydrogen-bond acceptors (Lipinski definition) is 8. The molecule has 76 heavy (non-hydrogen) atoms. The summed E-state index contributed by atoms with van der Waals surface area (Å²) >= 11 is 11.8. The van der Waals surface area contributed by atoms with Crippen LogP contribution >= 0.6 is 23.2 Å². The Morgan fingerprint density at radius 3 is 1.49 bits per heavy atom. The van der Waals surface area contributed by atoms with Crippen LogP contribution in [0.4, 0.5) is 8.78 Å². The van der Waals surface area contributed by atoms with E-state index in [9.17, 15) is 40.3 Å². The van der Waals surface area contributed by atoms with Crippen LogP contribution in [0.2, 0.25) is 10.0 Å². The molecule has 0 spiro atoms. The fraction of sp³-hybridized carbons (Fsp3) is 0.323. The molecule has 0 bridgehead atoms. The molecule has 6 aromatic carbocycles. The molecule has 4 aliphatic rings. The zero-order valence-electron chi connectivity index (χ0n) is 42.4. The van der Waals surface area contributed by atoms with Crippen LogP contribution in [0.5, 0.6) is 0 Å². The second-order valence-corrected chi connectivity index (χ2v) is 26.0. The Labute approximate surface area is 454 Å². The van der Waals surface area contributed by atoms with Crippen molar-refractivity contribution in [3.63, 3.8) is 0 Å². The van der Waals surface area contributed by atoms with Gasteiger partial charge in [0, 0.05) is 34.7 Å². The van der Waals surface area contributed by atoms with Crippen LogP contribution in [0.3, 0.4) is 0 Å². The van der Waals surface area contributed by atoms with Crippen molar-refractivity contribution in [1.82, 2.24) is 0 Å². The Bertz CT molecular complexity index is 3430. The summed E-state index contributed by atoms with van der Waals surface area (Å²) in [5.41, 5.74) is 8.97. The summed E-state index contributed by atoms with van der Waals surface area (Å²) in [5, 5.41) is 11.9. The van der Waals surface area contributed by atoms with Crippen molar-refractivity contribution < 1.29 is 45.0 Å². The van der Waals surface area contributed by atoms with Crippen LogP contribution in [0.15, 0.2) is 155 Å². The third-order valence-electron chi connectivity index (χ3n) is 15.1. The quantitative estimate of drug-likeness (QED) is 0.108. The molecule has 396 valence electrons. The van der Waals surface area contributed by atoms with Gasteiger partial charge in [-0.1, -0.05) is 97.7 Å². The van der Waals surface area contributed by atoms with Crippen LogP contribution in [0.1, 0.15) is 84.0 Å². The molecule has 4 unspecified atom stereocenters. The van der Waals surface area contributed by atoms with E-state index >= 15 is 0 Å². The highest BCUT2D eigenvalue weighted by atomic mass is 35.5. The van der Waals surface area contributed by atoms with Gasteiger partial charge in [-0.3, -0.25) is 9.59 Å². The normalized spacial score (nSPS) is 19.6. The number of carbonyl (C=O) groups excluding carboxylic acids is 2. The smallest absolute Gasteiger partial charge is 0.178 e. The van der Waals surface area contributed by atoms with E-state index in [2.05, 4.69) is 26.0 Å². The zero-order chi connectivity index (χ0) is 53.9. The van der Waals surface area contributed by atoms with Gasteiger partial charge in [0.2, 0.25) is 0 Å². The summed E-state index contributed by atoms with van der Waals surface area (Å²) in [6.45, 7) is 4.65. The van der Waals surface area contributed by atoms with E-state index in [1.54, 1.807) is 60.7 Å². The van der Waals surface area contributed by atoms with Gasteiger partial charge >= 0.3 is 0 Å². The minimum absolute atomic E-state index is 0.0138. The Kier molecular flexibility index (Phi) is 16.9. The molecule has 0 saturated carbocycles. The topological polar surface area (TPSA) is 132 Å². The van der Waals surface area contributed by atoms with Gasteiger partial charge in [-0.15, -0.1) is 0 Å². The molecule has 8 nitrogen and oxygen atoms in total. The maximum atomic E-state index is 13.7. The Morgan fingerprint density at radius 1 is 0.579 bits per heavy atom. The lowest BCUT2D eigenvalue weighted by molar-refractivity contribution is -0.116. The van der Waals surface area contributed by atoms with E-state index < -0.39 is 25.5 Å². The summed E-state index contributed by atoms with van der Waals surface area (Å²) < 4.78 is 84.9. The van der Waals surface area contributed by atoms with Gasteiger partial charge in [0.1, 0.15) is 23.2 Å². The molecule has 0 amide bonds. The van der Waals surface area contributed by atoms with Crippen molar-refractivity contribution in [3.05, 3.63) is 211 Å². The average Bonchev–Trinajstić information content (AvgIpc) is 3.86. The third-order valence-corrected chi connectivity index (χ3v) is 19.4. The number of carbonyl (C=O) groups is 2. The second-order valence-electron chi connectivity index (χ2n) is 21.1. The van der Waals surface area contributed by atoms with Crippen LogP contribution in [-0.2, 0) is 72.5 Å². The van der Waals surface area contributed by atoms with Crippen LogP contribution in [0, 0.1) is 41.2 Å². The van der Waals surface area contributed by atoms with E-state index in [1.807, 2.05) is 24.3 Å². The van der Waals surface area contributed by atoms with E-state index in [0.717, 1.165) is 47.9 Å². The highest BCUT2D eigenvalue weighted by Crippen LogP contribution is 2.41. The lowest BCUT2D eigenvalue weighted by atomic mass is 9.80. The van der Waals surface area contributed by atoms with Gasteiger partial charge in [0.25, 0.3) is 0 Å². The summed E-state index contributed by atoms with van der Waals surface area (Å²) in [7, 11) is -6.83. The molecule has 0 aromatic heterocycles. The summed E-state index contributed by atoms with van der Waals surface area (Å²) in [6, 6.07) is 36.5. The lowest BCUT2D eigenvalue weighted by Crippen LogP contribution is -2.24. The van der Waals surface area contributed by atoms with Gasteiger partial charge in [-0.2, -0.15) is 0 Å². The maximum absolute atomic E-state index is 13.7. The van der Waals surface area contributed by atoms with Gasteiger partial charge < -0.3 is 9.84 Å². The van der Waals surface area contributed by atoms with Crippen molar-refractivity contribution in [2.45, 2.75) is 87.8 Å². The van der Waals surface area contributed by atoms with Gasteiger partial charge in [0.15, 0.2) is 31.2 Å². The molecule has 0 radical (unpaired) electrons. The number of aliphatic hydroxyl groups is 1. The number of aliphatic hydroxyl groups excluding tert-OH is 1. The average molecular weight is 1110 g/mol. The Morgan fingerprint density at radius 2 is 1.03 bits per heavy atom. The highest BCUT2D eigenvalue weighted by Gasteiger charge is 2.38. The molecule has 4 aliphatic carbocycles. The molecular formula is C62H60Cl2F2O8S2. The number of allylic oxidation sites excluding steroid dienone is 4. The number of halogens is 4. The van der Waals surface area contributed by atoms with E-state index in [1.165, 1.54) is 47.5 Å².